The van der Waals surface area contributed by atoms with Gasteiger partial charge < -0.3 is 10.1 Å². The monoisotopic (exact) mass is 278 g/mol. The van der Waals surface area contributed by atoms with Gasteiger partial charge in [0.05, 0.1) is 6.61 Å². The molecule has 0 aliphatic rings. The van der Waals surface area contributed by atoms with E-state index in [9.17, 15) is 0 Å². The Morgan fingerprint density at radius 1 is 1.25 bits per heavy atom. The fourth-order valence-electron chi connectivity index (χ4n) is 2.03. The van der Waals surface area contributed by atoms with Gasteiger partial charge in [-0.05, 0) is 43.0 Å². The van der Waals surface area contributed by atoms with Crippen LogP contribution in [0.1, 0.15) is 39.7 Å². The summed E-state index contributed by atoms with van der Waals surface area (Å²) in [5.74, 6) is 0.701. The van der Waals surface area contributed by atoms with Gasteiger partial charge in [-0.2, -0.15) is 0 Å². The minimum absolute atomic E-state index is 0.200. The van der Waals surface area contributed by atoms with Crippen molar-refractivity contribution < 1.29 is 4.74 Å². The Hall–Kier alpha value is -0.930. The third kappa shape index (κ3) is 8.28. The number of nitrogens with zero attached hydrogens (tertiary/aromatic N) is 1. The van der Waals surface area contributed by atoms with Crippen LogP contribution in [0.25, 0.3) is 0 Å². The molecule has 3 heteroatoms. The molecule has 0 unspecified atom stereocenters. The molecule has 0 spiro atoms. The quantitative estimate of drug-likeness (QED) is 0.667. The molecule has 1 N–H and O–H groups in total. The van der Waals surface area contributed by atoms with Crippen molar-refractivity contribution in [1.82, 2.24) is 10.3 Å². The summed E-state index contributed by atoms with van der Waals surface area (Å²) in [6, 6.07) is 4.14. The van der Waals surface area contributed by atoms with Gasteiger partial charge >= 0.3 is 0 Å². The molecule has 0 atom stereocenters. The fraction of sp³-hybridized carbons (Fsp3) is 0.706. The molecule has 0 aromatic carbocycles. The molecule has 0 aliphatic carbocycles. The Balaban J connectivity index is 2.07. The molecule has 20 heavy (non-hydrogen) atoms. The van der Waals surface area contributed by atoms with Gasteiger partial charge in [0, 0.05) is 31.0 Å². The van der Waals surface area contributed by atoms with E-state index in [-0.39, 0.29) is 5.41 Å². The molecular formula is C17H30N2O. The van der Waals surface area contributed by atoms with E-state index in [1.165, 1.54) is 5.56 Å². The van der Waals surface area contributed by atoms with Crippen molar-refractivity contribution in [1.29, 1.82) is 0 Å². The number of rotatable bonds is 10. The lowest BCUT2D eigenvalue weighted by atomic mass is 9.94. The standard InChI is InChI=1S/C17H30N2O/c1-15(2)12-19-13-17(3,4)14-20-11-5-6-16-7-9-18-10-8-16/h7-10,15,19H,5-6,11-14H2,1-4H3. The number of aryl methyl sites for hydroxylation is 1. The second kappa shape index (κ2) is 9.09. The number of nitrogens with one attached hydrogen (secondary N) is 1. The molecule has 0 radical (unpaired) electrons. The summed E-state index contributed by atoms with van der Waals surface area (Å²) in [5, 5.41) is 3.50. The SMILES string of the molecule is CC(C)CNCC(C)(C)COCCCc1ccncc1. The zero-order valence-corrected chi connectivity index (χ0v) is 13.5. The van der Waals surface area contributed by atoms with Gasteiger partial charge in [-0.25, -0.2) is 0 Å². The summed E-state index contributed by atoms with van der Waals surface area (Å²) in [6.07, 6.45) is 5.83. The summed E-state index contributed by atoms with van der Waals surface area (Å²) in [5.41, 5.74) is 1.53. The smallest absolute Gasteiger partial charge is 0.0529 e. The zero-order valence-electron chi connectivity index (χ0n) is 13.5. The second-order valence-corrected chi connectivity index (χ2v) is 6.70. The molecule has 0 fully saturated rings. The molecular weight excluding hydrogens is 248 g/mol. The molecule has 0 aliphatic heterocycles. The summed E-state index contributed by atoms with van der Waals surface area (Å²) >= 11 is 0. The minimum Gasteiger partial charge on any atom is -0.381 e. The Morgan fingerprint density at radius 2 is 1.95 bits per heavy atom. The summed E-state index contributed by atoms with van der Waals surface area (Å²) in [7, 11) is 0. The van der Waals surface area contributed by atoms with Crippen molar-refractivity contribution in [2.45, 2.75) is 40.5 Å². The van der Waals surface area contributed by atoms with E-state index in [2.05, 4.69) is 50.1 Å². The number of pyridine rings is 1. The molecule has 0 bridgehead atoms. The molecule has 1 heterocycles. The average Bonchev–Trinajstić information content (AvgIpc) is 2.38. The highest BCUT2D eigenvalue weighted by Crippen LogP contribution is 2.14. The summed E-state index contributed by atoms with van der Waals surface area (Å²) < 4.78 is 5.82. The van der Waals surface area contributed by atoms with E-state index >= 15 is 0 Å². The van der Waals surface area contributed by atoms with E-state index in [4.69, 9.17) is 4.74 Å². The highest BCUT2D eigenvalue weighted by molar-refractivity contribution is 5.09. The normalized spacial score (nSPS) is 12.1. The Labute approximate surface area is 124 Å². The minimum atomic E-state index is 0.200. The van der Waals surface area contributed by atoms with Crippen LogP contribution in [-0.2, 0) is 11.2 Å². The summed E-state index contributed by atoms with van der Waals surface area (Å²) in [4.78, 5) is 4.02. The van der Waals surface area contributed by atoms with Crippen molar-refractivity contribution in [2.24, 2.45) is 11.3 Å². The Kier molecular flexibility index (Phi) is 7.78. The van der Waals surface area contributed by atoms with Crippen LogP contribution in [0.5, 0.6) is 0 Å². The van der Waals surface area contributed by atoms with Gasteiger partial charge in [-0.3, -0.25) is 4.98 Å². The van der Waals surface area contributed by atoms with Gasteiger partial charge in [0.1, 0.15) is 0 Å². The highest BCUT2D eigenvalue weighted by atomic mass is 16.5. The van der Waals surface area contributed by atoms with Crippen molar-refractivity contribution in [3.63, 3.8) is 0 Å². The molecule has 0 saturated heterocycles. The maximum atomic E-state index is 5.82. The molecule has 1 aromatic rings. The van der Waals surface area contributed by atoms with Crippen molar-refractivity contribution in [2.75, 3.05) is 26.3 Å². The van der Waals surface area contributed by atoms with E-state index < -0.39 is 0 Å². The van der Waals surface area contributed by atoms with Crippen LogP contribution in [0.15, 0.2) is 24.5 Å². The van der Waals surface area contributed by atoms with E-state index in [1.54, 1.807) is 0 Å². The van der Waals surface area contributed by atoms with E-state index in [1.807, 2.05) is 12.4 Å². The molecule has 0 amide bonds. The van der Waals surface area contributed by atoms with Crippen LogP contribution in [0.2, 0.25) is 0 Å². The molecule has 0 saturated carbocycles. The van der Waals surface area contributed by atoms with Crippen LogP contribution < -0.4 is 5.32 Å². The molecule has 1 rings (SSSR count). The van der Waals surface area contributed by atoms with Crippen LogP contribution in [0.3, 0.4) is 0 Å². The van der Waals surface area contributed by atoms with Gasteiger partial charge in [-0.1, -0.05) is 27.7 Å². The maximum Gasteiger partial charge on any atom is 0.0529 e. The number of hydrogen-bond donors (Lipinski definition) is 1. The number of ether oxygens (including phenoxy) is 1. The first-order valence-corrected chi connectivity index (χ1v) is 7.67. The van der Waals surface area contributed by atoms with Crippen LogP contribution >= 0.6 is 0 Å². The third-order valence-corrected chi connectivity index (χ3v) is 3.15. The van der Waals surface area contributed by atoms with Crippen LogP contribution in [0, 0.1) is 11.3 Å². The zero-order chi connectivity index (χ0) is 14.8. The third-order valence-electron chi connectivity index (χ3n) is 3.15. The maximum absolute atomic E-state index is 5.82. The summed E-state index contributed by atoms with van der Waals surface area (Å²) in [6.45, 7) is 12.7. The average molecular weight is 278 g/mol. The predicted octanol–water partition coefficient (Wildman–Crippen LogP) is 3.30. The highest BCUT2D eigenvalue weighted by Gasteiger charge is 2.17. The van der Waals surface area contributed by atoms with Crippen LogP contribution in [0.4, 0.5) is 0 Å². The van der Waals surface area contributed by atoms with Crippen molar-refractivity contribution in [3.8, 4) is 0 Å². The first-order chi connectivity index (χ1) is 9.49. The van der Waals surface area contributed by atoms with E-state index in [0.717, 1.165) is 39.1 Å². The van der Waals surface area contributed by atoms with Crippen molar-refractivity contribution >= 4 is 0 Å². The Bertz CT molecular complexity index is 349. The van der Waals surface area contributed by atoms with Crippen molar-refractivity contribution in [3.05, 3.63) is 30.1 Å². The number of hydrogen-bond acceptors (Lipinski definition) is 3. The van der Waals surface area contributed by atoms with E-state index in [0.29, 0.717) is 5.92 Å². The lowest BCUT2D eigenvalue weighted by molar-refractivity contribution is 0.0605. The fourth-order valence-corrected chi connectivity index (χ4v) is 2.03. The first kappa shape index (κ1) is 17.1. The lowest BCUT2D eigenvalue weighted by Crippen LogP contribution is -2.35. The van der Waals surface area contributed by atoms with Crippen LogP contribution in [-0.4, -0.2) is 31.3 Å². The Morgan fingerprint density at radius 3 is 2.60 bits per heavy atom. The lowest BCUT2D eigenvalue weighted by Gasteiger charge is -2.25. The first-order valence-electron chi connectivity index (χ1n) is 7.67. The largest absolute Gasteiger partial charge is 0.381 e. The second-order valence-electron chi connectivity index (χ2n) is 6.70. The van der Waals surface area contributed by atoms with Gasteiger partial charge in [0.2, 0.25) is 0 Å². The van der Waals surface area contributed by atoms with Gasteiger partial charge in [0.25, 0.3) is 0 Å². The van der Waals surface area contributed by atoms with Gasteiger partial charge in [-0.15, -0.1) is 0 Å². The predicted molar refractivity (Wildman–Crippen MR) is 84.9 cm³/mol. The van der Waals surface area contributed by atoms with Gasteiger partial charge in [0.15, 0.2) is 0 Å². The molecule has 3 nitrogen and oxygen atoms in total. The molecule has 114 valence electrons. The topological polar surface area (TPSA) is 34.1 Å². The number of aromatic nitrogens is 1. The molecule has 1 aromatic heterocycles.